The highest BCUT2D eigenvalue weighted by atomic mass is 16.3. The zero-order valence-electron chi connectivity index (χ0n) is 10.7. The summed E-state index contributed by atoms with van der Waals surface area (Å²) in [5, 5.41) is 12.4. The highest BCUT2D eigenvalue weighted by molar-refractivity contribution is 5.96. The summed E-state index contributed by atoms with van der Waals surface area (Å²) in [4.78, 5) is 11.9. The first kappa shape index (κ1) is 13.5. The van der Waals surface area contributed by atoms with Gasteiger partial charge in [-0.15, -0.1) is 0 Å². The van der Waals surface area contributed by atoms with Gasteiger partial charge in [-0.25, -0.2) is 0 Å². The van der Waals surface area contributed by atoms with Crippen molar-refractivity contribution in [1.82, 2.24) is 0 Å². The number of aromatic hydroxyl groups is 1. The van der Waals surface area contributed by atoms with Gasteiger partial charge in [0.1, 0.15) is 5.75 Å². The van der Waals surface area contributed by atoms with Crippen LogP contribution in [0.5, 0.6) is 5.75 Å². The molecule has 0 spiro atoms. The predicted octanol–water partition coefficient (Wildman–Crippen LogP) is 2.01. The molecule has 4 nitrogen and oxygen atoms in total. The summed E-state index contributed by atoms with van der Waals surface area (Å²) in [6.45, 7) is 7.46. The molecule has 4 N–H and O–H groups in total. The van der Waals surface area contributed by atoms with Crippen molar-refractivity contribution in [3.63, 3.8) is 0 Å². The molecule has 0 saturated carbocycles. The first-order chi connectivity index (χ1) is 7.73. The Morgan fingerprint density at radius 2 is 2.00 bits per heavy atom. The second kappa shape index (κ2) is 4.75. The van der Waals surface area contributed by atoms with Crippen LogP contribution in [0.4, 0.5) is 5.69 Å². The lowest BCUT2D eigenvalue weighted by atomic mass is 9.87. The number of aryl methyl sites for hydroxylation is 1. The Morgan fingerprint density at radius 3 is 2.53 bits per heavy atom. The molecule has 0 unspecified atom stereocenters. The Bertz CT molecular complexity index is 422. The van der Waals surface area contributed by atoms with Crippen LogP contribution in [-0.4, -0.2) is 17.1 Å². The molecule has 0 saturated heterocycles. The van der Waals surface area contributed by atoms with Crippen molar-refractivity contribution >= 4 is 11.6 Å². The summed E-state index contributed by atoms with van der Waals surface area (Å²) in [6.07, 6.45) is 0. The van der Waals surface area contributed by atoms with E-state index >= 15 is 0 Å². The van der Waals surface area contributed by atoms with Crippen LogP contribution in [0, 0.1) is 12.3 Å². The summed E-state index contributed by atoms with van der Waals surface area (Å²) in [5.74, 6) is -0.208. The molecule has 0 bridgehead atoms. The fourth-order valence-electron chi connectivity index (χ4n) is 1.36. The van der Waals surface area contributed by atoms with Crippen molar-refractivity contribution in [3.8, 4) is 5.75 Å². The lowest BCUT2D eigenvalue weighted by Crippen LogP contribution is -2.45. The van der Waals surface area contributed by atoms with Crippen LogP contribution >= 0.6 is 0 Å². The van der Waals surface area contributed by atoms with Crippen LogP contribution < -0.4 is 11.1 Å². The third-order valence-corrected chi connectivity index (χ3v) is 2.71. The normalized spacial score (nSPS) is 13.2. The summed E-state index contributed by atoms with van der Waals surface area (Å²) in [5.41, 5.74) is 6.63. The Kier molecular flexibility index (Phi) is 3.78. The number of nitrogens with two attached hydrogens (primary N) is 1. The van der Waals surface area contributed by atoms with Gasteiger partial charge in [0.05, 0.1) is 11.7 Å². The van der Waals surface area contributed by atoms with Gasteiger partial charge < -0.3 is 16.2 Å². The molecule has 1 atom stereocenters. The highest BCUT2D eigenvalue weighted by Crippen LogP contribution is 2.27. The van der Waals surface area contributed by atoms with E-state index in [0.717, 1.165) is 0 Å². The number of hydrogen-bond acceptors (Lipinski definition) is 3. The number of para-hydroxylation sites is 1. The van der Waals surface area contributed by atoms with Crippen molar-refractivity contribution in [1.29, 1.82) is 0 Å². The van der Waals surface area contributed by atoms with Gasteiger partial charge >= 0.3 is 0 Å². The third kappa shape index (κ3) is 3.20. The Morgan fingerprint density at radius 1 is 1.41 bits per heavy atom. The van der Waals surface area contributed by atoms with Gasteiger partial charge in [-0.05, 0) is 24.0 Å². The molecule has 0 aliphatic rings. The molecule has 0 aromatic heterocycles. The van der Waals surface area contributed by atoms with Gasteiger partial charge in [-0.2, -0.15) is 0 Å². The van der Waals surface area contributed by atoms with E-state index in [1.807, 2.05) is 20.8 Å². The molecule has 94 valence electrons. The number of benzene rings is 1. The quantitative estimate of drug-likeness (QED) is 0.687. The van der Waals surface area contributed by atoms with E-state index < -0.39 is 6.04 Å². The number of phenols is 1. The minimum Gasteiger partial charge on any atom is -0.505 e. The lowest BCUT2D eigenvalue weighted by Gasteiger charge is -2.26. The Balaban J connectivity index is 2.86. The average Bonchev–Trinajstić information content (AvgIpc) is 2.22. The van der Waals surface area contributed by atoms with Crippen LogP contribution in [0.1, 0.15) is 26.3 Å². The van der Waals surface area contributed by atoms with E-state index in [1.165, 1.54) is 0 Å². The fraction of sp³-hybridized carbons (Fsp3) is 0.462. The zero-order chi connectivity index (χ0) is 13.2. The molecule has 1 rings (SSSR count). The van der Waals surface area contributed by atoms with E-state index in [-0.39, 0.29) is 17.1 Å². The maximum atomic E-state index is 11.9. The molecule has 0 aliphatic carbocycles. The molecular formula is C13H20N2O2. The number of carbonyl (C=O) groups is 1. The molecular weight excluding hydrogens is 216 g/mol. The van der Waals surface area contributed by atoms with Crippen molar-refractivity contribution < 1.29 is 9.90 Å². The van der Waals surface area contributed by atoms with Gasteiger partial charge in [0, 0.05) is 0 Å². The maximum absolute atomic E-state index is 11.9. The molecule has 1 amide bonds. The van der Waals surface area contributed by atoms with Crippen LogP contribution in [0.25, 0.3) is 0 Å². The second-order valence-corrected chi connectivity index (χ2v) is 5.30. The van der Waals surface area contributed by atoms with Gasteiger partial charge in [-0.3, -0.25) is 4.79 Å². The summed E-state index contributed by atoms with van der Waals surface area (Å²) >= 11 is 0. The van der Waals surface area contributed by atoms with E-state index in [9.17, 15) is 9.90 Å². The molecule has 1 aromatic carbocycles. The number of amides is 1. The summed E-state index contributed by atoms with van der Waals surface area (Å²) in [6, 6.07) is 4.57. The molecule has 0 aliphatic heterocycles. The summed E-state index contributed by atoms with van der Waals surface area (Å²) in [7, 11) is 0. The third-order valence-electron chi connectivity index (χ3n) is 2.71. The van der Waals surface area contributed by atoms with Crippen LogP contribution in [0.2, 0.25) is 0 Å². The van der Waals surface area contributed by atoms with Gasteiger partial charge in [0.25, 0.3) is 0 Å². The van der Waals surface area contributed by atoms with Gasteiger partial charge in [0.15, 0.2) is 0 Å². The van der Waals surface area contributed by atoms with E-state index in [4.69, 9.17) is 5.73 Å². The Hall–Kier alpha value is -1.55. The SMILES string of the molecule is Cc1cccc(NC(=O)[C@H](N)C(C)(C)C)c1O. The number of phenolic OH excluding ortho intramolecular Hbond substituents is 1. The topological polar surface area (TPSA) is 75.4 Å². The largest absolute Gasteiger partial charge is 0.505 e. The predicted molar refractivity (Wildman–Crippen MR) is 68.9 cm³/mol. The first-order valence-corrected chi connectivity index (χ1v) is 5.58. The van der Waals surface area contributed by atoms with Crippen LogP contribution in [0.15, 0.2) is 18.2 Å². The van der Waals surface area contributed by atoms with Crippen molar-refractivity contribution in [2.75, 3.05) is 5.32 Å². The number of hydrogen-bond donors (Lipinski definition) is 3. The molecule has 17 heavy (non-hydrogen) atoms. The highest BCUT2D eigenvalue weighted by Gasteiger charge is 2.27. The molecule has 1 aromatic rings. The molecule has 4 heteroatoms. The standard InChI is InChI=1S/C13H20N2O2/c1-8-6-5-7-9(10(8)16)15-12(17)11(14)13(2,3)4/h5-7,11,16H,14H2,1-4H3,(H,15,17)/t11-/m0/s1. The zero-order valence-corrected chi connectivity index (χ0v) is 10.7. The van der Waals surface area contributed by atoms with Gasteiger partial charge in [-0.1, -0.05) is 32.9 Å². The van der Waals surface area contributed by atoms with E-state index in [0.29, 0.717) is 11.3 Å². The number of carbonyl (C=O) groups excluding carboxylic acids is 1. The Labute approximate surface area is 102 Å². The number of anilines is 1. The minimum atomic E-state index is -0.623. The van der Waals surface area contributed by atoms with Crippen molar-refractivity contribution in [2.24, 2.45) is 11.1 Å². The first-order valence-electron chi connectivity index (χ1n) is 5.58. The van der Waals surface area contributed by atoms with E-state index in [1.54, 1.807) is 25.1 Å². The van der Waals surface area contributed by atoms with Crippen LogP contribution in [0.3, 0.4) is 0 Å². The number of rotatable bonds is 2. The number of nitrogens with one attached hydrogen (secondary N) is 1. The summed E-state index contributed by atoms with van der Waals surface area (Å²) < 4.78 is 0. The molecule has 0 fully saturated rings. The molecule has 0 radical (unpaired) electrons. The maximum Gasteiger partial charge on any atom is 0.241 e. The lowest BCUT2D eigenvalue weighted by molar-refractivity contribution is -0.119. The van der Waals surface area contributed by atoms with E-state index in [2.05, 4.69) is 5.32 Å². The fourth-order valence-corrected chi connectivity index (χ4v) is 1.36. The van der Waals surface area contributed by atoms with Crippen molar-refractivity contribution in [2.45, 2.75) is 33.7 Å². The minimum absolute atomic E-state index is 0.0851. The smallest absolute Gasteiger partial charge is 0.241 e. The monoisotopic (exact) mass is 236 g/mol. The van der Waals surface area contributed by atoms with Crippen LogP contribution in [-0.2, 0) is 4.79 Å². The molecule has 0 heterocycles. The van der Waals surface area contributed by atoms with Gasteiger partial charge in [0.2, 0.25) is 5.91 Å². The average molecular weight is 236 g/mol. The van der Waals surface area contributed by atoms with Crippen molar-refractivity contribution in [3.05, 3.63) is 23.8 Å². The second-order valence-electron chi connectivity index (χ2n) is 5.30.